The predicted molar refractivity (Wildman–Crippen MR) is 33.0 cm³/mol. The van der Waals surface area contributed by atoms with Crippen molar-refractivity contribution in [2.75, 3.05) is 6.54 Å². The second kappa shape index (κ2) is 2.14. The van der Waals surface area contributed by atoms with Gasteiger partial charge in [-0.2, -0.15) is 0 Å². The van der Waals surface area contributed by atoms with Gasteiger partial charge in [-0.15, -0.1) is 0 Å². The van der Waals surface area contributed by atoms with Gasteiger partial charge in [0.15, 0.2) is 5.78 Å². The minimum absolute atomic E-state index is 0.0513. The molecule has 1 heterocycles. The van der Waals surface area contributed by atoms with Crippen LogP contribution >= 0.6 is 0 Å². The summed E-state index contributed by atoms with van der Waals surface area (Å²) in [7, 11) is 0. The van der Waals surface area contributed by atoms with E-state index in [-0.39, 0.29) is 12.3 Å². The third-order valence-corrected chi connectivity index (χ3v) is 1.20. The van der Waals surface area contributed by atoms with E-state index >= 15 is 0 Å². The molecular formula is C5H7N2O2-. The predicted octanol–water partition coefficient (Wildman–Crippen LogP) is -0.214. The Kier molecular flexibility index (Phi) is 1.48. The SMILES string of the molecule is CC(=O)C1CN([O-])C=N1. The van der Waals surface area contributed by atoms with E-state index in [9.17, 15) is 10.0 Å². The topological polar surface area (TPSA) is 55.7 Å². The zero-order valence-electron chi connectivity index (χ0n) is 5.07. The van der Waals surface area contributed by atoms with Crippen molar-refractivity contribution in [2.45, 2.75) is 13.0 Å². The molecule has 4 heteroatoms. The van der Waals surface area contributed by atoms with E-state index in [1.54, 1.807) is 0 Å². The van der Waals surface area contributed by atoms with Crippen molar-refractivity contribution < 1.29 is 4.79 Å². The molecule has 0 aromatic carbocycles. The fourth-order valence-electron chi connectivity index (χ4n) is 0.653. The van der Waals surface area contributed by atoms with Gasteiger partial charge in [0.2, 0.25) is 0 Å². The van der Waals surface area contributed by atoms with E-state index in [4.69, 9.17) is 0 Å². The molecule has 0 saturated heterocycles. The van der Waals surface area contributed by atoms with Gasteiger partial charge in [-0.3, -0.25) is 9.79 Å². The zero-order chi connectivity index (χ0) is 6.85. The van der Waals surface area contributed by atoms with Crippen LogP contribution < -0.4 is 0 Å². The number of Topliss-reactive ketones (excluding diaryl/α,β-unsaturated/α-hetero) is 1. The van der Waals surface area contributed by atoms with Crippen molar-refractivity contribution >= 4 is 12.1 Å². The van der Waals surface area contributed by atoms with Gasteiger partial charge in [-0.05, 0) is 6.92 Å². The molecule has 0 aliphatic carbocycles. The van der Waals surface area contributed by atoms with Crippen LogP contribution in [0.4, 0.5) is 0 Å². The Labute approximate surface area is 52.8 Å². The number of carbonyl (C=O) groups is 1. The van der Waals surface area contributed by atoms with E-state index < -0.39 is 6.04 Å². The van der Waals surface area contributed by atoms with E-state index in [0.29, 0.717) is 5.06 Å². The third-order valence-electron chi connectivity index (χ3n) is 1.20. The molecule has 1 aliphatic rings. The lowest BCUT2D eigenvalue weighted by atomic mass is 10.2. The Hall–Kier alpha value is -0.900. The van der Waals surface area contributed by atoms with E-state index in [0.717, 1.165) is 6.34 Å². The Balaban J connectivity index is 2.50. The summed E-state index contributed by atoms with van der Waals surface area (Å²) in [4.78, 5) is 14.2. The number of ketones is 1. The van der Waals surface area contributed by atoms with Crippen LogP contribution in [-0.2, 0) is 4.79 Å². The fraction of sp³-hybridized carbons (Fsp3) is 0.600. The molecule has 0 spiro atoms. The van der Waals surface area contributed by atoms with E-state index in [1.165, 1.54) is 6.92 Å². The number of nitrogens with zero attached hydrogens (tertiary/aromatic N) is 2. The monoisotopic (exact) mass is 127 g/mol. The molecule has 1 unspecified atom stereocenters. The quantitative estimate of drug-likeness (QED) is 0.489. The summed E-state index contributed by atoms with van der Waals surface area (Å²) < 4.78 is 0. The molecule has 4 nitrogen and oxygen atoms in total. The molecule has 1 atom stereocenters. The van der Waals surface area contributed by atoms with Crippen molar-refractivity contribution in [3.8, 4) is 0 Å². The maximum Gasteiger partial charge on any atom is 0.156 e. The summed E-state index contributed by atoms with van der Waals surface area (Å²) in [6, 6.07) is -0.414. The Morgan fingerprint density at radius 2 is 2.67 bits per heavy atom. The summed E-state index contributed by atoms with van der Waals surface area (Å²) in [6.07, 6.45) is 1.14. The molecule has 0 amide bonds. The van der Waals surface area contributed by atoms with Crippen molar-refractivity contribution in [1.82, 2.24) is 5.06 Å². The van der Waals surface area contributed by atoms with Gasteiger partial charge in [-0.25, -0.2) is 0 Å². The molecule has 0 fully saturated rings. The lowest BCUT2D eigenvalue weighted by Gasteiger charge is -2.19. The second-order valence-corrected chi connectivity index (χ2v) is 1.99. The van der Waals surface area contributed by atoms with Crippen molar-refractivity contribution in [1.29, 1.82) is 0 Å². The van der Waals surface area contributed by atoms with E-state index in [1.807, 2.05) is 0 Å². The molecule has 50 valence electrons. The van der Waals surface area contributed by atoms with Crippen LogP contribution in [0.2, 0.25) is 0 Å². The van der Waals surface area contributed by atoms with Crippen molar-refractivity contribution in [3.05, 3.63) is 5.21 Å². The minimum atomic E-state index is -0.414. The molecule has 1 rings (SSSR count). The van der Waals surface area contributed by atoms with Gasteiger partial charge in [0, 0.05) is 6.54 Å². The van der Waals surface area contributed by atoms with Gasteiger partial charge < -0.3 is 10.3 Å². The lowest BCUT2D eigenvalue weighted by Crippen LogP contribution is -2.22. The van der Waals surface area contributed by atoms with Gasteiger partial charge in [0.1, 0.15) is 6.04 Å². The van der Waals surface area contributed by atoms with Crippen molar-refractivity contribution in [3.63, 3.8) is 0 Å². The largest absolute Gasteiger partial charge is 0.758 e. The third kappa shape index (κ3) is 1.26. The molecule has 0 bridgehead atoms. The smallest absolute Gasteiger partial charge is 0.156 e. The fourth-order valence-corrected chi connectivity index (χ4v) is 0.653. The Bertz CT molecular complexity index is 155. The van der Waals surface area contributed by atoms with Gasteiger partial charge in [-0.1, -0.05) is 0 Å². The number of hydrogen-bond donors (Lipinski definition) is 0. The maximum atomic E-state index is 10.5. The molecule has 0 aromatic rings. The standard InChI is InChI=1S/C5H7N2O2/c1-4(8)5-2-7(9)3-6-5/h3,5H,2H2,1H3/q-1. The first-order valence-electron chi connectivity index (χ1n) is 2.67. The number of rotatable bonds is 1. The zero-order valence-corrected chi connectivity index (χ0v) is 5.07. The van der Waals surface area contributed by atoms with Crippen LogP contribution in [-0.4, -0.2) is 29.8 Å². The van der Waals surface area contributed by atoms with E-state index in [2.05, 4.69) is 4.99 Å². The first-order valence-corrected chi connectivity index (χ1v) is 2.67. The number of hydrogen-bond acceptors (Lipinski definition) is 4. The van der Waals surface area contributed by atoms with Crippen molar-refractivity contribution in [2.24, 2.45) is 4.99 Å². The molecule has 0 N–H and O–H groups in total. The lowest BCUT2D eigenvalue weighted by molar-refractivity contribution is -0.118. The van der Waals surface area contributed by atoms with Crippen LogP contribution in [0.1, 0.15) is 6.92 Å². The Morgan fingerprint density at radius 3 is 2.89 bits per heavy atom. The number of carbonyl (C=O) groups excluding carboxylic acids is 1. The molecule has 0 aromatic heterocycles. The Morgan fingerprint density at radius 1 is 2.00 bits per heavy atom. The summed E-state index contributed by atoms with van der Waals surface area (Å²) in [5.74, 6) is -0.0513. The minimum Gasteiger partial charge on any atom is -0.758 e. The van der Waals surface area contributed by atoms with Gasteiger partial charge in [0.25, 0.3) is 0 Å². The van der Waals surface area contributed by atoms with Crippen LogP contribution in [0, 0.1) is 5.21 Å². The molecule has 1 aliphatic heterocycles. The number of aliphatic imine (C=N–C) groups is 1. The van der Waals surface area contributed by atoms with Crippen LogP contribution in [0.25, 0.3) is 0 Å². The normalized spacial score (nSPS) is 25.1. The molecular weight excluding hydrogens is 120 g/mol. The molecule has 0 saturated carbocycles. The summed E-state index contributed by atoms with van der Waals surface area (Å²) in [6.45, 7) is 1.62. The summed E-state index contributed by atoms with van der Waals surface area (Å²) in [5, 5.41) is 11.0. The highest BCUT2D eigenvalue weighted by Crippen LogP contribution is 2.01. The van der Waals surface area contributed by atoms with Crippen LogP contribution in [0.3, 0.4) is 0 Å². The molecule has 9 heavy (non-hydrogen) atoms. The highest BCUT2D eigenvalue weighted by molar-refractivity contribution is 5.85. The van der Waals surface area contributed by atoms with Crippen LogP contribution in [0.15, 0.2) is 4.99 Å². The molecule has 0 radical (unpaired) electrons. The highest BCUT2D eigenvalue weighted by atomic mass is 16.5. The first kappa shape index (κ1) is 6.22. The van der Waals surface area contributed by atoms with Gasteiger partial charge in [0.05, 0.1) is 6.34 Å². The summed E-state index contributed by atoms with van der Waals surface area (Å²) in [5.41, 5.74) is 0. The summed E-state index contributed by atoms with van der Waals surface area (Å²) >= 11 is 0. The average Bonchev–Trinajstić information content (AvgIpc) is 2.14. The van der Waals surface area contributed by atoms with Gasteiger partial charge >= 0.3 is 0 Å². The number of hydroxylamine groups is 2. The second-order valence-electron chi connectivity index (χ2n) is 1.99. The van der Waals surface area contributed by atoms with Crippen LogP contribution in [0.5, 0.6) is 0 Å². The average molecular weight is 127 g/mol. The highest BCUT2D eigenvalue weighted by Gasteiger charge is 2.15. The maximum absolute atomic E-state index is 10.5. The first-order chi connectivity index (χ1) is 4.20.